The second-order valence-electron chi connectivity index (χ2n) is 5.01. The molecule has 2 aromatic carbocycles. The summed E-state index contributed by atoms with van der Waals surface area (Å²) in [6.45, 7) is 0. The van der Waals surface area contributed by atoms with Gasteiger partial charge in [-0.15, -0.1) is 23.5 Å². The molecule has 22 heavy (non-hydrogen) atoms. The van der Waals surface area contributed by atoms with E-state index in [0.29, 0.717) is 15.8 Å². The van der Waals surface area contributed by atoms with E-state index in [2.05, 4.69) is 5.32 Å². The summed E-state index contributed by atoms with van der Waals surface area (Å²) in [4.78, 5) is 12.2. The standard InChI is InChI=1S/C17H16FNOS2/c18-14-3-1-4-15(11-14)19-16(20)12-5-7-13(8-6-12)17-21-9-2-10-22-17/h1,3-8,11,17H,2,9-10H2,(H,19,20). The number of anilines is 1. The molecule has 1 N–H and O–H groups in total. The Balaban J connectivity index is 1.68. The van der Waals surface area contributed by atoms with Gasteiger partial charge in [0, 0.05) is 11.3 Å². The van der Waals surface area contributed by atoms with E-state index in [1.807, 2.05) is 47.8 Å². The zero-order chi connectivity index (χ0) is 15.4. The summed E-state index contributed by atoms with van der Waals surface area (Å²) in [5.41, 5.74) is 2.29. The number of carbonyl (C=O) groups is 1. The Bertz CT molecular complexity index is 654. The molecule has 1 aliphatic heterocycles. The molecular formula is C17H16FNOS2. The lowest BCUT2D eigenvalue weighted by Crippen LogP contribution is -2.12. The molecule has 0 spiro atoms. The molecule has 2 nitrogen and oxygen atoms in total. The molecule has 2 aromatic rings. The molecule has 0 aromatic heterocycles. The van der Waals surface area contributed by atoms with Crippen molar-refractivity contribution in [3.8, 4) is 0 Å². The molecule has 0 aliphatic carbocycles. The molecule has 3 rings (SSSR count). The van der Waals surface area contributed by atoms with Crippen LogP contribution in [0.2, 0.25) is 0 Å². The fourth-order valence-electron chi connectivity index (χ4n) is 2.24. The topological polar surface area (TPSA) is 29.1 Å². The van der Waals surface area contributed by atoms with Gasteiger partial charge in [-0.1, -0.05) is 18.2 Å². The average Bonchev–Trinajstić information content (AvgIpc) is 2.56. The first-order chi connectivity index (χ1) is 10.7. The Hall–Kier alpha value is -1.46. The van der Waals surface area contributed by atoms with Crippen molar-refractivity contribution in [1.82, 2.24) is 0 Å². The lowest BCUT2D eigenvalue weighted by molar-refractivity contribution is 0.102. The molecular weight excluding hydrogens is 317 g/mol. The highest BCUT2D eigenvalue weighted by atomic mass is 32.2. The van der Waals surface area contributed by atoms with Crippen molar-refractivity contribution in [2.75, 3.05) is 16.8 Å². The smallest absolute Gasteiger partial charge is 0.255 e. The van der Waals surface area contributed by atoms with Gasteiger partial charge in [-0.2, -0.15) is 0 Å². The second kappa shape index (κ2) is 7.20. The summed E-state index contributed by atoms with van der Waals surface area (Å²) in [5, 5.41) is 2.71. The zero-order valence-corrected chi connectivity index (χ0v) is 13.6. The minimum Gasteiger partial charge on any atom is -0.322 e. The van der Waals surface area contributed by atoms with Crippen molar-refractivity contribution >= 4 is 35.1 Å². The number of nitrogens with one attached hydrogen (secondary N) is 1. The summed E-state index contributed by atoms with van der Waals surface area (Å²) in [6.07, 6.45) is 1.26. The largest absolute Gasteiger partial charge is 0.322 e. The number of thioether (sulfide) groups is 2. The van der Waals surface area contributed by atoms with Crippen LogP contribution in [-0.2, 0) is 0 Å². The van der Waals surface area contributed by atoms with Crippen LogP contribution < -0.4 is 5.32 Å². The number of hydrogen-bond donors (Lipinski definition) is 1. The number of benzene rings is 2. The van der Waals surface area contributed by atoms with Crippen LogP contribution in [0.25, 0.3) is 0 Å². The lowest BCUT2D eigenvalue weighted by Gasteiger charge is -2.21. The van der Waals surface area contributed by atoms with Gasteiger partial charge in [0.05, 0.1) is 4.58 Å². The monoisotopic (exact) mass is 333 g/mol. The van der Waals surface area contributed by atoms with E-state index in [1.165, 1.54) is 35.6 Å². The van der Waals surface area contributed by atoms with E-state index in [1.54, 1.807) is 12.1 Å². The lowest BCUT2D eigenvalue weighted by atomic mass is 10.1. The quantitative estimate of drug-likeness (QED) is 0.862. The Morgan fingerprint density at radius 3 is 2.50 bits per heavy atom. The maximum Gasteiger partial charge on any atom is 0.255 e. The van der Waals surface area contributed by atoms with Crippen molar-refractivity contribution in [3.63, 3.8) is 0 Å². The Kier molecular flexibility index (Phi) is 5.05. The molecule has 0 radical (unpaired) electrons. The first-order valence-corrected chi connectivity index (χ1v) is 9.22. The van der Waals surface area contributed by atoms with Gasteiger partial charge in [-0.25, -0.2) is 4.39 Å². The third kappa shape index (κ3) is 3.84. The van der Waals surface area contributed by atoms with Crippen LogP contribution in [0.5, 0.6) is 0 Å². The molecule has 114 valence electrons. The molecule has 0 saturated carbocycles. The minimum atomic E-state index is -0.362. The predicted octanol–water partition coefficient (Wildman–Crippen LogP) is 4.95. The van der Waals surface area contributed by atoms with Gasteiger partial charge in [0.25, 0.3) is 5.91 Å². The summed E-state index contributed by atoms with van der Waals surface area (Å²) in [7, 11) is 0. The van der Waals surface area contributed by atoms with Gasteiger partial charge in [0.15, 0.2) is 0 Å². The van der Waals surface area contributed by atoms with E-state index in [4.69, 9.17) is 0 Å². The molecule has 0 unspecified atom stereocenters. The molecule has 1 amide bonds. The van der Waals surface area contributed by atoms with Crippen molar-refractivity contribution in [1.29, 1.82) is 0 Å². The van der Waals surface area contributed by atoms with Gasteiger partial charge in [0.1, 0.15) is 5.82 Å². The fourth-order valence-corrected chi connectivity index (χ4v) is 5.14. The van der Waals surface area contributed by atoms with E-state index in [0.717, 1.165) is 0 Å². The first kappa shape index (κ1) is 15.4. The number of halogens is 1. The summed E-state index contributed by atoms with van der Waals surface area (Å²) >= 11 is 3.91. The Morgan fingerprint density at radius 2 is 1.82 bits per heavy atom. The maximum absolute atomic E-state index is 13.1. The maximum atomic E-state index is 13.1. The van der Waals surface area contributed by atoms with Gasteiger partial charge in [-0.3, -0.25) is 4.79 Å². The molecule has 5 heteroatoms. The highest BCUT2D eigenvalue weighted by Crippen LogP contribution is 2.43. The van der Waals surface area contributed by atoms with Gasteiger partial charge in [-0.05, 0) is 53.8 Å². The second-order valence-corrected chi connectivity index (χ2v) is 7.74. The van der Waals surface area contributed by atoms with Crippen LogP contribution in [0.3, 0.4) is 0 Å². The normalized spacial score (nSPS) is 15.5. The highest BCUT2D eigenvalue weighted by molar-refractivity contribution is 8.16. The molecule has 1 aliphatic rings. The van der Waals surface area contributed by atoms with Crippen molar-refractivity contribution in [2.45, 2.75) is 11.0 Å². The van der Waals surface area contributed by atoms with Gasteiger partial charge >= 0.3 is 0 Å². The number of carbonyl (C=O) groups excluding carboxylic acids is 1. The fraction of sp³-hybridized carbons (Fsp3) is 0.235. The highest BCUT2D eigenvalue weighted by Gasteiger charge is 2.17. The van der Waals surface area contributed by atoms with Crippen LogP contribution >= 0.6 is 23.5 Å². The third-order valence-corrected chi connectivity index (χ3v) is 6.37. The van der Waals surface area contributed by atoms with Crippen molar-refractivity contribution < 1.29 is 9.18 Å². The molecule has 1 fully saturated rings. The van der Waals surface area contributed by atoms with Crippen LogP contribution in [0.4, 0.5) is 10.1 Å². The number of amides is 1. The molecule has 1 heterocycles. The van der Waals surface area contributed by atoms with Gasteiger partial charge in [0.2, 0.25) is 0 Å². The van der Waals surface area contributed by atoms with Crippen LogP contribution in [-0.4, -0.2) is 17.4 Å². The van der Waals surface area contributed by atoms with Crippen LogP contribution in [0.1, 0.15) is 26.9 Å². The van der Waals surface area contributed by atoms with E-state index in [9.17, 15) is 9.18 Å². The van der Waals surface area contributed by atoms with E-state index >= 15 is 0 Å². The van der Waals surface area contributed by atoms with Crippen molar-refractivity contribution in [3.05, 3.63) is 65.5 Å². The van der Waals surface area contributed by atoms with Crippen molar-refractivity contribution in [2.24, 2.45) is 0 Å². The number of hydrogen-bond acceptors (Lipinski definition) is 3. The molecule has 0 atom stereocenters. The SMILES string of the molecule is O=C(Nc1cccc(F)c1)c1ccc(C2SCCCS2)cc1. The summed E-state index contributed by atoms with van der Waals surface area (Å²) < 4.78 is 13.6. The van der Waals surface area contributed by atoms with Crippen LogP contribution in [0, 0.1) is 5.82 Å². The average molecular weight is 333 g/mol. The Morgan fingerprint density at radius 1 is 1.09 bits per heavy atom. The summed E-state index contributed by atoms with van der Waals surface area (Å²) in [5.74, 6) is 1.81. The first-order valence-electron chi connectivity index (χ1n) is 7.12. The van der Waals surface area contributed by atoms with E-state index in [-0.39, 0.29) is 11.7 Å². The van der Waals surface area contributed by atoms with Gasteiger partial charge < -0.3 is 5.32 Å². The van der Waals surface area contributed by atoms with E-state index < -0.39 is 0 Å². The third-order valence-electron chi connectivity index (χ3n) is 3.35. The predicted molar refractivity (Wildman–Crippen MR) is 93.1 cm³/mol. The Labute approximate surface area is 137 Å². The minimum absolute atomic E-state index is 0.221. The molecule has 0 bridgehead atoms. The van der Waals surface area contributed by atoms with Crippen LogP contribution in [0.15, 0.2) is 48.5 Å². The summed E-state index contributed by atoms with van der Waals surface area (Å²) in [6, 6.07) is 13.6. The molecule has 1 saturated heterocycles. The zero-order valence-electron chi connectivity index (χ0n) is 11.9. The number of rotatable bonds is 3.